The average Bonchev–Trinajstić information content (AvgIpc) is 2.53. The van der Waals surface area contributed by atoms with Crippen LogP contribution < -0.4 is 5.32 Å². The molecule has 6 nitrogen and oxygen atoms in total. The molecule has 0 saturated carbocycles. The zero-order chi connectivity index (χ0) is 16.3. The molecule has 1 fully saturated rings. The number of amides is 2. The van der Waals surface area contributed by atoms with Gasteiger partial charge in [-0.25, -0.2) is 0 Å². The van der Waals surface area contributed by atoms with Crippen LogP contribution in [0.15, 0.2) is 18.3 Å². The minimum atomic E-state index is -0.463. The molecule has 0 bridgehead atoms. The first-order valence-electron chi connectivity index (χ1n) is 7.63. The monoisotopic (exact) mass is 304 g/mol. The second kappa shape index (κ2) is 6.87. The number of likely N-dealkylation sites (N-methyl/N-ethyl adjacent to an activating group) is 1. The topological polar surface area (TPSA) is 65.5 Å². The van der Waals surface area contributed by atoms with Gasteiger partial charge in [0.1, 0.15) is 6.04 Å². The zero-order valence-corrected chi connectivity index (χ0v) is 13.7. The Balaban J connectivity index is 2.21. The van der Waals surface area contributed by atoms with Crippen LogP contribution in [0.3, 0.4) is 0 Å². The van der Waals surface area contributed by atoms with Crippen molar-refractivity contribution in [2.75, 3.05) is 26.7 Å². The molecule has 0 aliphatic carbocycles. The van der Waals surface area contributed by atoms with E-state index in [0.717, 1.165) is 12.2 Å². The van der Waals surface area contributed by atoms with Crippen LogP contribution in [0.4, 0.5) is 0 Å². The fourth-order valence-electron chi connectivity index (χ4n) is 2.67. The SMILES string of the molecule is CNC(=O)C1CN(C(C)C)CCN1C(=O)c1ccc(C)nc1. The predicted octanol–water partition coefficient (Wildman–Crippen LogP) is 0.671. The highest BCUT2D eigenvalue weighted by Gasteiger charge is 2.35. The van der Waals surface area contributed by atoms with Gasteiger partial charge in [0, 0.05) is 44.6 Å². The summed E-state index contributed by atoms with van der Waals surface area (Å²) in [4.78, 5) is 32.9. The lowest BCUT2D eigenvalue weighted by atomic mass is 10.1. The number of nitrogens with one attached hydrogen (secondary N) is 1. The van der Waals surface area contributed by atoms with E-state index in [1.54, 1.807) is 24.2 Å². The van der Waals surface area contributed by atoms with Gasteiger partial charge in [-0.2, -0.15) is 0 Å². The summed E-state index contributed by atoms with van der Waals surface area (Å²) in [5.74, 6) is -0.261. The normalized spacial score (nSPS) is 19.3. The second-order valence-corrected chi connectivity index (χ2v) is 5.91. The molecule has 120 valence electrons. The molecule has 2 heterocycles. The number of rotatable bonds is 3. The highest BCUT2D eigenvalue weighted by atomic mass is 16.2. The number of aromatic nitrogens is 1. The summed E-state index contributed by atoms with van der Waals surface area (Å²) < 4.78 is 0. The number of nitrogens with zero attached hydrogens (tertiary/aromatic N) is 3. The lowest BCUT2D eigenvalue weighted by Crippen LogP contribution is -2.61. The van der Waals surface area contributed by atoms with Crippen molar-refractivity contribution in [2.24, 2.45) is 0 Å². The van der Waals surface area contributed by atoms with Crippen molar-refractivity contribution in [3.63, 3.8) is 0 Å². The maximum Gasteiger partial charge on any atom is 0.256 e. The maximum atomic E-state index is 12.7. The number of carbonyl (C=O) groups is 2. The molecule has 2 amide bonds. The number of pyridine rings is 1. The fraction of sp³-hybridized carbons (Fsp3) is 0.562. The van der Waals surface area contributed by atoms with Gasteiger partial charge in [-0.3, -0.25) is 19.5 Å². The summed E-state index contributed by atoms with van der Waals surface area (Å²) in [6, 6.07) is 3.47. The van der Waals surface area contributed by atoms with Gasteiger partial charge in [0.25, 0.3) is 5.91 Å². The first-order chi connectivity index (χ1) is 10.4. The second-order valence-electron chi connectivity index (χ2n) is 5.91. The van der Waals surface area contributed by atoms with E-state index in [9.17, 15) is 9.59 Å². The molecule has 22 heavy (non-hydrogen) atoms. The number of carbonyl (C=O) groups excluding carboxylic acids is 2. The summed E-state index contributed by atoms with van der Waals surface area (Å²) in [5, 5.41) is 2.66. The van der Waals surface area contributed by atoms with Crippen molar-refractivity contribution in [1.82, 2.24) is 20.1 Å². The summed E-state index contributed by atoms with van der Waals surface area (Å²) in [6.07, 6.45) is 1.58. The number of hydrogen-bond acceptors (Lipinski definition) is 4. The number of aryl methyl sites for hydroxylation is 1. The summed E-state index contributed by atoms with van der Waals surface area (Å²) >= 11 is 0. The predicted molar refractivity (Wildman–Crippen MR) is 84.6 cm³/mol. The Morgan fingerprint density at radius 3 is 2.59 bits per heavy atom. The molecule has 6 heteroatoms. The molecule has 1 aromatic rings. The van der Waals surface area contributed by atoms with Crippen molar-refractivity contribution < 1.29 is 9.59 Å². The molecule has 1 aromatic heterocycles. The maximum absolute atomic E-state index is 12.7. The van der Waals surface area contributed by atoms with Crippen molar-refractivity contribution in [1.29, 1.82) is 0 Å². The van der Waals surface area contributed by atoms with Crippen LogP contribution in [0.1, 0.15) is 29.9 Å². The molecule has 0 radical (unpaired) electrons. The minimum absolute atomic E-state index is 0.126. The minimum Gasteiger partial charge on any atom is -0.357 e. The van der Waals surface area contributed by atoms with E-state index < -0.39 is 6.04 Å². The Labute approximate surface area is 131 Å². The molecule has 1 aliphatic heterocycles. The Kier molecular flexibility index (Phi) is 5.13. The van der Waals surface area contributed by atoms with Crippen LogP contribution in [0.25, 0.3) is 0 Å². The van der Waals surface area contributed by atoms with Gasteiger partial charge < -0.3 is 10.2 Å². The Morgan fingerprint density at radius 2 is 2.05 bits per heavy atom. The van der Waals surface area contributed by atoms with Crippen LogP contribution in [0.5, 0.6) is 0 Å². The molecule has 1 atom stereocenters. The van der Waals surface area contributed by atoms with Crippen LogP contribution in [0, 0.1) is 6.92 Å². The van der Waals surface area contributed by atoms with Crippen LogP contribution >= 0.6 is 0 Å². The lowest BCUT2D eigenvalue weighted by Gasteiger charge is -2.42. The molecule has 0 aromatic carbocycles. The average molecular weight is 304 g/mol. The van der Waals surface area contributed by atoms with Crippen molar-refractivity contribution in [3.05, 3.63) is 29.6 Å². The molecule has 1 aliphatic rings. The third kappa shape index (κ3) is 3.44. The van der Waals surface area contributed by atoms with Gasteiger partial charge in [0.05, 0.1) is 5.56 Å². The first-order valence-corrected chi connectivity index (χ1v) is 7.63. The van der Waals surface area contributed by atoms with Gasteiger partial charge in [-0.1, -0.05) is 0 Å². The van der Waals surface area contributed by atoms with E-state index >= 15 is 0 Å². The van der Waals surface area contributed by atoms with Crippen LogP contribution in [-0.2, 0) is 4.79 Å². The third-order valence-corrected chi connectivity index (χ3v) is 4.11. The van der Waals surface area contributed by atoms with Crippen molar-refractivity contribution >= 4 is 11.8 Å². The molecule has 1 unspecified atom stereocenters. The van der Waals surface area contributed by atoms with E-state index in [1.807, 2.05) is 13.0 Å². The van der Waals surface area contributed by atoms with E-state index in [4.69, 9.17) is 0 Å². The van der Waals surface area contributed by atoms with E-state index in [2.05, 4.69) is 29.0 Å². The molecule has 1 saturated heterocycles. The largest absolute Gasteiger partial charge is 0.357 e. The van der Waals surface area contributed by atoms with E-state index in [0.29, 0.717) is 24.7 Å². The molecular formula is C16H24N4O2. The molecule has 0 spiro atoms. The number of hydrogen-bond donors (Lipinski definition) is 1. The third-order valence-electron chi connectivity index (χ3n) is 4.11. The molecule has 1 N–H and O–H groups in total. The van der Waals surface area contributed by atoms with Crippen LogP contribution in [-0.4, -0.2) is 65.4 Å². The van der Waals surface area contributed by atoms with Gasteiger partial charge in [-0.15, -0.1) is 0 Å². The summed E-state index contributed by atoms with van der Waals surface area (Å²) in [6.45, 7) is 7.95. The van der Waals surface area contributed by atoms with E-state index in [-0.39, 0.29) is 11.8 Å². The van der Waals surface area contributed by atoms with Gasteiger partial charge in [0.15, 0.2) is 0 Å². The Hall–Kier alpha value is -1.95. The Bertz CT molecular complexity index is 542. The summed E-state index contributed by atoms with van der Waals surface area (Å²) in [7, 11) is 1.60. The van der Waals surface area contributed by atoms with E-state index in [1.165, 1.54) is 0 Å². The van der Waals surface area contributed by atoms with Crippen molar-refractivity contribution in [2.45, 2.75) is 32.9 Å². The number of piperazine rings is 1. The summed E-state index contributed by atoms with van der Waals surface area (Å²) in [5.41, 5.74) is 1.39. The highest BCUT2D eigenvalue weighted by Crippen LogP contribution is 2.16. The van der Waals surface area contributed by atoms with Crippen molar-refractivity contribution in [3.8, 4) is 0 Å². The lowest BCUT2D eigenvalue weighted by molar-refractivity contribution is -0.127. The standard InChI is InChI=1S/C16H24N4O2/c1-11(2)19-7-8-20(14(10-19)15(21)17-4)16(22)13-6-5-12(3)18-9-13/h5-6,9,11,14H,7-8,10H2,1-4H3,(H,17,21). The zero-order valence-electron chi connectivity index (χ0n) is 13.7. The van der Waals surface area contributed by atoms with Crippen LogP contribution in [0.2, 0.25) is 0 Å². The Morgan fingerprint density at radius 1 is 1.32 bits per heavy atom. The first kappa shape index (κ1) is 16.4. The van der Waals surface area contributed by atoms with Gasteiger partial charge in [-0.05, 0) is 32.9 Å². The van der Waals surface area contributed by atoms with Gasteiger partial charge >= 0.3 is 0 Å². The molecule has 2 rings (SSSR count). The highest BCUT2D eigenvalue weighted by molar-refractivity contribution is 5.97. The quantitative estimate of drug-likeness (QED) is 0.891. The van der Waals surface area contributed by atoms with Gasteiger partial charge in [0.2, 0.25) is 5.91 Å². The fourth-order valence-corrected chi connectivity index (χ4v) is 2.67. The smallest absolute Gasteiger partial charge is 0.256 e. The molecular weight excluding hydrogens is 280 g/mol.